The smallest absolute Gasteiger partial charge is 0.0949 e. The van der Waals surface area contributed by atoms with E-state index in [1.165, 1.54) is 10.7 Å². The first-order chi connectivity index (χ1) is 6.16. The first-order valence-corrected chi connectivity index (χ1v) is 4.61. The molecule has 3 N–H and O–H groups in total. The molecule has 13 heavy (non-hydrogen) atoms. The molecule has 0 unspecified atom stereocenters. The summed E-state index contributed by atoms with van der Waals surface area (Å²) in [7, 11) is 0. The third-order valence-corrected chi connectivity index (χ3v) is 2.73. The number of hydrazine groups is 2. The Labute approximate surface area is 83.8 Å². The van der Waals surface area contributed by atoms with E-state index < -0.39 is 0 Å². The summed E-state index contributed by atoms with van der Waals surface area (Å²) in [5.41, 5.74) is 3.81. The molecule has 5 heteroatoms. The van der Waals surface area contributed by atoms with Gasteiger partial charge in [0.1, 0.15) is 0 Å². The topological polar surface area (TPSA) is 53.7 Å². The zero-order valence-electron chi connectivity index (χ0n) is 7.08. The van der Waals surface area contributed by atoms with Gasteiger partial charge in [-0.2, -0.15) is 5.10 Å². The van der Waals surface area contributed by atoms with Gasteiger partial charge in [-0.05, 0) is 24.6 Å². The highest BCUT2D eigenvalue weighted by atomic mass is 79.9. The Kier molecular flexibility index (Phi) is 1.97. The van der Waals surface area contributed by atoms with E-state index in [-0.39, 0.29) is 0 Å². The Morgan fingerprint density at radius 1 is 1.54 bits per heavy atom. The van der Waals surface area contributed by atoms with Crippen molar-refractivity contribution in [3.05, 3.63) is 32.7 Å². The minimum absolute atomic E-state index is 0.888. The summed E-state index contributed by atoms with van der Waals surface area (Å²) in [5, 5.41) is 7.30. The van der Waals surface area contributed by atoms with Crippen LogP contribution in [0.2, 0.25) is 0 Å². The molecule has 0 aliphatic carbocycles. The molecule has 0 saturated heterocycles. The van der Waals surface area contributed by atoms with Gasteiger partial charge in [-0.3, -0.25) is 0 Å². The molecular weight excluding hydrogens is 232 g/mol. The first kappa shape index (κ1) is 8.52. The Hall–Kier alpha value is -1.07. The van der Waals surface area contributed by atoms with Crippen LogP contribution in [0.15, 0.2) is 21.7 Å². The summed E-state index contributed by atoms with van der Waals surface area (Å²) in [6, 6.07) is 3.99. The number of nitrogens with one attached hydrogen (secondary N) is 1. The van der Waals surface area contributed by atoms with Crippen LogP contribution in [0, 0.1) is 6.92 Å². The summed E-state index contributed by atoms with van der Waals surface area (Å²) in [6.45, 7) is 2.03. The third-order valence-electron chi connectivity index (χ3n) is 1.87. The Morgan fingerprint density at radius 2 is 2.31 bits per heavy atom. The number of hydrogen-bond acceptors (Lipinski definition) is 4. The molecule has 1 heterocycles. The Bertz CT molecular complexity index is 454. The molecule has 0 atom stereocenters. The zero-order valence-corrected chi connectivity index (χ0v) is 8.67. The predicted octanol–water partition coefficient (Wildman–Crippen LogP) is -0.276. The van der Waals surface area contributed by atoms with Crippen molar-refractivity contribution in [1.29, 1.82) is 0 Å². The van der Waals surface area contributed by atoms with E-state index >= 15 is 0 Å². The van der Waals surface area contributed by atoms with Crippen molar-refractivity contribution in [3.63, 3.8) is 0 Å². The number of hydrogen-bond donors (Lipinski definition) is 2. The molecule has 0 spiro atoms. The lowest BCUT2D eigenvalue weighted by Crippen LogP contribution is -2.46. The minimum atomic E-state index is 0.888. The highest BCUT2D eigenvalue weighted by Gasteiger charge is 2.01. The summed E-state index contributed by atoms with van der Waals surface area (Å²) in [6.07, 6.45) is 1.79. The van der Waals surface area contributed by atoms with E-state index in [9.17, 15) is 0 Å². The van der Waals surface area contributed by atoms with Gasteiger partial charge in [0.15, 0.2) is 0 Å². The van der Waals surface area contributed by atoms with Gasteiger partial charge >= 0.3 is 0 Å². The molecular formula is C8H9BrN4. The van der Waals surface area contributed by atoms with E-state index in [4.69, 9.17) is 5.84 Å². The second-order valence-electron chi connectivity index (χ2n) is 2.91. The zero-order chi connectivity index (χ0) is 9.42. The number of nitrogens with zero attached hydrogens (tertiary/aromatic N) is 2. The van der Waals surface area contributed by atoms with Crippen LogP contribution < -0.4 is 22.0 Å². The van der Waals surface area contributed by atoms with Crippen LogP contribution in [0.25, 0.3) is 6.20 Å². The first-order valence-electron chi connectivity index (χ1n) is 3.82. The van der Waals surface area contributed by atoms with Gasteiger partial charge in [0.2, 0.25) is 0 Å². The van der Waals surface area contributed by atoms with Crippen molar-refractivity contribution in [3.8, 4) is 0 Å². The highest BCUT2D eigenvalue weighted by Crippen LogP contribution is 2.10. The van der Waals surface area contributed by atoms with Crippen LogP contribution in [0.4, 0.5) is 0 Å². The van der Waals surface area contributed by atoms with Crippen LogP contribution in [0.1, 0.15) is 5.56 Å². The fourth-order valence-corrected chi connectivity index (χ4v) is 1.52. The fraction of sp³-hybridized carbons (Fsp3) is 0.125. The number of benzene rings is 1. The van der Waals surface area contributed by atoms with Gasteiger partial charge in [-0.15, -0.1) is 0 Å². The van der Waals surface area contributed by atoms with Crippen LogP contribution in [-0.4, -0.2) is 5.12 Å². The number of fused-ring (bicyclic) bond motifs is 1. The second kappa shape index (κ2) is 3.01. The number of nitrogens with two attached hydrogens (primary N) is 1. The Balaban J connectivity index is 2.75. The minimum Gasteiger partial charge on any atom is -0.227 e. The number of halogens is 1. The van der Waals surface area contributed by atoms with E-state index in [0.29, 0.717) is 0 Å². The molecule has 0 fully saturated rings. The monoisotopic (exact) mass is 240 g/mol. The second-order valence-corrected chi connectivity index (χ2v) is 3.76. The molecule has 0 saturated carbocycles. The van der Waals surface area contributed by atoms with Crippen molar-refractivity contribution < 1.29 is 0 Å². The molecule has 1 aromatic rings. The molecule has 68 valence electrons. The molecule has 0 bridgehead atoms. The molecule has 0 aromatic heterocycles. The van der Waals surface area contributed by atoms with Gasteiger partial charge in [0.25, 0.3) is 0 Å². The molecule has 1 aliphatic heterocycles. The fourth-order valence-electron chi connectivity index (χ4n) is 1.18. The van der Waals surface area contributed by atoms with Gasteiger partial charge in [-0.1, -0.05) is 15.9 Å². The maximum Gasteiger partial charge on any atom is 0.0949 e. The maximum atomic E-state index is 5.50. The highest BCUT2D eigenvalue weighted by molar-refractivity contribution is 9.10. The lowest BCUT2D eigenvalue weighted by molar-refractivity contribution is 0.306. The van der Waals surface area contributed by atoms with Gasteiger partial charge in [-0.25, -0.2) is 16.5 Å². The maximum absolute atomic E-state index is 5.50. The van der Waals surface area contributed by atoms with Crippen LogP contribution in [0.5, 0.6) is 0 Å². The standard InChI is InChI=1S/C8H9BrN4/c1-5-2-6-4-13(10)12-11-8(6)3-7(5)9/h2-4,12H,10H2,1H3. The molecule has 0 radical (unpaired) electrons. The average Bonchev–Trinajstić information content (AvgIpc) is 2.08. The van der Waals surface area contributed by atoms with Gasteiger partial charge < -0.3 is 0 Å². The lowest BCUT2D eigenvalue weighted by atomic mass is 10.2. The molecule has 1 aliphatic rings. The summed E-state index contributed by atoms with van der Waals surface area (Å²) in [5.74, 6) is 5.50. The Morgan fingerprint density at radius 3 is 3.08 bits per heavy atom. The quantitative estimate of drug-likeness (QED) is 0.614. The molecule has 2 rings (SSSR count). The third kappa shape index (κ3) is 1.52. The predicted molar refractivity (Wildman–Crippen MR) is 53.3 cm³/mol. The van der Waals surface area contributed by atoms with Gasteiger partial charge in [0.05, 0.1) is 11.6 Å². The van der Waals surface area contributed by atoms with E-state index in [1.54, 1.807) is 6.20 Å². The number of aryl methyl sites for hydroxylation is 1. The van der Waals surface area contributed by atoms with Crippen LogP contribution in [-0.2, 0) is 0 Å². The summed E-state index contributed by atoms with van der Waals surface area (Å²) >= 11 is 3.44. The van der Waals surface area contributed by atoms with E-state index in [0.717, 1.165) is 15.0 Å². The largest absolute Gasteiger partial charge is 0.227 e. The van der Waals surface area contributed by atoms with E-state index in [2.05, 4.69) is 26.6 Å². The molecule has 0 amide bonds. The summed E-state index contributed by atoms with van der Waals surface area (Å²) < 4.78 is 1.05. The molecule has 4 nitrogen and oxygen atoms in total. The van der Waals surface area contributed by atoms with Crippen molar-refractivity contribution in [2.24, 2.45) is 10.9 Å². The van der Waals surface area contributed by atoms with Crippen LogP contribution in [0.3, 0.4) is 0 Å². The van der Waals surface area contributed by atoms with E-state index in [1.807, 2.05) is 19.1 Å². The molecule has 1 aromatic carbocycles. The lowest BCUT2D eigenvalue weighted by Gasteiger charge is -2.15. The normalized spacial score (nSPS) is 13.9. The van der Waals surface area contributed by atoms with Gasteiger partial charge in [0, 0.05) is 9.69 Å². The van der Waals surface area contributed by atoms with Crippen molar-refractivity contribution >= 4 is 22.1 Å². The summed E-state index contributed by atoms with van der Waals surface area (Å²) in [4.78, 5) is 0. The van der Waals surface area contributed by atoms with Crippen molar-refractivity contribution in [1.82, 2.24) is 10.7 Å². The SMILES string of the molecule is Cc1cc2c(cc1Br)=NNN(N)C=2. The van der Waals surface area contributed by atoms with Crippen molar-refractivity contribution in [2.75, 3.05) is 0 Å². The van der Waals surface area contributed by atoms with Crippen LogP contribution >= 0.6 is 15.9 Å². The van der Waals surface area contributed by atoms with Crippen molar-refractivity contribution in [2.45, 2.75) is 6.92 Å². The average molecular weight is 241 g/mol. The number of rotatable bonds is 0.